The zero-order valence-electron chi connectivity index (χ0n) is 72.4. The van der Waals surface area contributed by atoms with Crippen molar-refractivity contribution in [1.82, 2.24) is 0 Å². The average Bonchev–Trinajstić information content (AvgIpc) is 1.54. The van der Waals surface area contributed by atoms with Gasteiger partial charge in [-0.3, -0.25) is 0 Å². The molecule has 0 spiro atoms. The molecular weight excluding hydrogens is 1170 g/mol. The molecule has 6 aromatic carbocycles. The molecular formula is C94H116N3+3. The highest BCUT2D eigenvalue weighted by Gasteiger charge is 2.55. The van der Waals surface area contributed by atoms with E-state index in [1.54, 1.807) is 6.20 Å². The van der Waals surface area contributed by atoms with E-state index in [9.17, 15) is 2.74 Å². The smallest absolute Gasteiger partial charge is 0.200 e. The maximum atomic E-state index is 9.41. The summed E-state index contributed by atoms with van der Waals surface area (Å²) in [6.45, 7) is 52.3. The fraction of sp³-hybridized carbons (Fsp3) is 0.457. The highest BCUT2D eigenvalue weighted by molar-refractivity contribution is 5.90. The summed E-state index contributed by atoms with van der Waals surface area (Å²) < 4.78 is 77.7. The summed E-state index contributed by atoms with van der Waals surface area (Å²) in [7, 11) is 6.21. The Hall–Kier alpha value is -7.23. The second-order valence-electron chi connectivity index (χ2n) is 35.6. The number of hydrogen-bond donors (Lipinski definition) is 0. The number of aryl methyl sites for hydroxylation is 4. The van der Waals surface area contributed by atoms with Crippen LogP contribution in [0.5, 0.6) is 0 Å². The molecule has 0 aliphatic heterocycles. The third kappa shape index (κ3) is 9.98. The fourth-order valence-electron chi connectivity index (χ4n) is 18.7. The lowest BCUT2D eigenvalue weighted by atomic mass is 9.54. The predicted octanol–water partition coefficient (Wildman–Crippen LogP) is 22.1. The van der Waals surface area contributed by atoms with Crippen molar-refractivity contribution < 1.29 is 24.7 Å². The second-order valence-corrected chi connectivity index (χ2v) is 35.6. The van der Waals surface area contributed by atoms with Crippen LogP contribution >= 0.6 is 0 Å². The summed E-state index contributed by atoms with van der Waals surface area (Å²) in [6.07, 6.45) is 5.50. The lowest BCUT2D eigenvalue weighted by Gasteiger charge is -2.48. The van der Waals surface area contributed by atoms with Crippen molar-refractivity contribution in [1.29, 1.82) is 0 Å². The van der Waals surface area contributed by atoms with Crippen LogP contribution in [0.25, 0.3) is 67.2 Å². The van der Waals surface area contributed by atoms with Crippen LogP contribution in [0.2, 0.25) is 0 Å². The summed E-state index contributed by atoms with van der Waals surface area (Å²) in [5, 5.41) is 0. The average molecular weight is 1300 g/mol. The second kappa shape index (κ2) is 22.4. The lowest BCUT2D eigenvalue weighted by molar-refractivity contribution is -0.661. The first-order chi connectivity index (χ1) is 48.1. The maximum absolute atomic E-state index is 9.41. The molecule has 0 unspecified atom stereocenters. The Balaban J connectivity index is 0.000000140. The molecule has 3 nitrogen and oxygen atoms in total. The molecule has 6 aliphatic rings. The molecule has 0 saturated heterocycles. The van der Waals surface area contributed by atoms with Crippen molar-refractivity contribution in [2.24, 2.45) is 32.0 Å². The normalized spacial score (nSPS) is 19.0. The van der Waals surface area contributed by atoms with E-state index in [2.05, 4.69) is 244 Å². The van der Waals surface area contributed by atoms with Crippen LogP contribution in [0.4, 0.5) is 0 Å². The van der Waals surface area contributed by atoms with Crippen molar-refractivity contribution in [3.8, 4) is 67.2 Å². The van der Waals surface area contributed by atoms with Gasteiger partial charge in [0.05, 0.1) is 16.7 Å². The van der Waals surface area contributed by atoms with Crippen LogP contribution in [-0.4, -0.2) is 0 Å². The van der Waals surface area contributed by atoms with Gasteiger partial charge in [-0.2, -0.15) is 0 Å². The molecule has 0 atom stereocenters. The molecule has 6 aliphatic carbocycles. The maximum Gasteiger partial charge on any atom is 0.216 e. The predicted molar refractivity (Wildman–Crippen MR) is 411 cm³/mol. The van der Waals surface area contributed by atoms with Gasteiger partial charge in [0.25, 0.3) is 0 Å². The van der Waals surface area contributed by atoms with Crippen LogP contribution in [0, 0.1) is 52.3 Å². The van der Waals surface area contributed by atoms with Crippen molar-refractivity contribution in [2.75, 3.05) is 0 Å². The first kappa shape index (κ1) is 58.7. The van der Waals surface area contributed by atoms with Crippen LogP contribution in [0.15, 0.2) is 110 Å². The van der Waals surface area contributed by atoms with E-state index in [1.165, 1.54) is 139 Å². The number of nitrogens with zero attached hydrogens (tertiary/aromatic N) is 3. The Bertz CT molecular complexity index is 5230. The van der Waals surface area contributed by atoms with Gasteiger partial charge >= 0.3 is 0 Å². The van der Waals surface area contributed by atoms with E-state index in [1.807, 2.05) is 67.0 Å². The molecule has 0 fully saturated rings. The molecule has 0 N–H and O–H groups in total. The van der Waals surface area contributed by atoms with Crippen molar-refractivity contribution >= 4 is 0 Å². The van der Waals surface area contributed by atoms with E-state index < -0.39 is 47.2 Å². The zero-order valence-corrected chi connectivity index (χ0v) is 64.4. The number of fused-ring (bicyclic) bond motifs is 18. The van der Waals surface area contributed by atoms with Gasteiger partial charge in [0.15, 0.2) is 18.6 Å². The number of pyridine rings is 3. The number of hydrogen-bond acceptors (Lipinski definition) is 0. The van der Waals surface area contributed by atoms with Crippen LogP contribution < -0.4 is 13.7 Å². The third-order valence-electron chi connectivity index (χ3n) is 25.8. The molecule has 15 rings (SSSR count). The van der Waals surface area contributed by atoms with E-state index in [0.717, 1.165) is 52.8 Å². The van der Waals surface area contributed by atoms with Crippen LogP contribution in [0.1, 0.15) is 272 Å². The highest BCUT2D eigenvalue weighted by Crippen LogP contribution is 2.61. The van der Waals surface area contributed by atoms with Gasteiger partial charge in [-0.25, -0.2) is 13.7 Å². The minimum atomic E-state index is -2.45. The van der Waals surface area contributed by atoms with E-state index in [0.29, 0.717) is 5.56 Å². The summed E-state index contributed by atoms with van der Waals surface area (Å²) >= 11 is 0. The Kier molecular flexibility index (Phi) is 13.6. The Morgan fingerprint density at radius 1 is 0.423 bits per heavy atom. The molecule has 504 valence electrons. The molecule has 3 heteroatoms. The molecule has 0 saturated carbocycles. The number of benzene rings is 6. The summed E-state index contributed by atoms with van der Waals surface area (Å²) in [4.78, 5) is 0. The van der Waals surface area contributed by atoms with Gasteiger partial charge in [-0.15, -0.1) is 0 Å². The molecule has 0 amide bonds. The SMILES string of the molecule is [2H]C(C)(C)c1c[n+](C)c2c(c1C)C(C)(C)C(C)(C)c1cc3c(c(C)c1-2)Cc1ccccc1-3.[2H]C([2H])([2H])c1c[n+](C)c2c(c1C([2H])([2H])C(C)(C)C)C(C)(C)C(C)(C)c1cc3c(c(C)c1-2)Cc1ccccc1-3.[2H]C([2H])(c1c[n+](C)c2c(c1C)C(C)(C)C(C)(C)c1cc3c(c(C)c1-2)Cc1ccccc1-3)C(C)(C)C. The largest absolute Gasteiger partial charge is 0.216 e. The molecule has 0 radical (unpaired) electrons. The molecule has 97 heavy (non-hydrogen) atoms. The van der Waals surface area contributed by atoms with E-state index in [-0.39, 0.29) is 27.2 Å². The first-order valence-corrected chi connectivity index (χ1v) is 36.0. The Labute approximate surface area is 597 Å². The van der Waals surface area contributed by atoms with Gasteiger partial charge in [0.2, 0.25) is 17.1 Å². The summed E-state index contributed by atoms with van der Waals surface area (Å²) in [5.41, 5.74) is 37.7. The Morgan fingerprint density at radius 3 is 1.11 bits per heavy atom. The standard InChI is InChI=1S/2C32H40N.C30H36N/c1-19-22(17-30(3,4)5)18-33(10)29-27-20(2)24-15-21-13-11-12-14-23(21)25(24)16-26(27)31(6,7)32(8,9)28(19)29;1-19-18-33(10)29-27-20(2)23-15-21-13-11-12-14-22(21)24(23)16-26(27)31(6,7)32(8,9)28(29)25(19)17-30(3,4)5;1-17(2)24-16-31(9)28-26-18(3)22-14-20-12-10-11-13-21(20)23(22)15-25(26)29(5,6)30(7,8)27(28)19(24)4/h2*11-14,16,18H,15,17H2,1-10H3;10-13,15-17H,14H2,1-9H3/q3*+1/i17D2;1D3,17D2;17D. The third-order valence-corrected chi connectivity index (χ3v) is 25.8. The summed E-state index contributed by atoms with van der Waals surface area (Å²) in [5.74, 6) is -0.633. The van der Waals surface area contributed by atoms with Gasteiger partial charge in [-0.05, 0) is 241 Å². The summed E-state index contributed by atoms with van der Waals surface area (Å²) in [6, 6.07) is 33.7. The fourth-order valence-corrected chi connectivity index (χ4v) is 18.7. The molecule has 0 bridgehead atoms. The van der Waals surface area contributed by atoms with Gasteiger partial charge in [0.1, 0.15) is 21.1 Å². The van der Waals surface area contributed by atoms with Crippen LogP contribution in [-0.2, 0) is 85.6 Å². The van der Waals surface area contributed by atoms with E-state index >= 15 is 0 Å². The van der Waals surface area contributed by atoms with Crippen LogP contribution in [0.3, 0.4) is 0 Å². The van der Waals surface area contributed by atoms with Gasteiger partial charge in [-0.1, -0.05) is 211 Å². The zero-order chi connectivity index (χ0) is 77.6. The monoisotopic (exact) mass is 1290 g/mol. The van der Waals surface area contributed by atoms with Crippen molar-refractivity contribution in [3.63, 3.8) is 0 Å². The molecule has 3 heterocycles. The number of aromatic nitrogens is 3. The minimum Gasteiger partial charge on any atom is -0.200 e. The van der Waals surface area contributed by atoms with Gasteiger partial charge in [0, 0.05) is 60.6 Å². The number of rotatable bonds is 3. The quantitative estimate of drug-likeness (QED) is 0.156. The lowest BCUT2D eigenvalue weighted by Crippen LogP contribution is -2.49. The van der Waals surface area contributed by atoms with E-state index in [4.69, 9.17) is 8.22 Å². The van der Waals surface area contributed by atoms with Crippen molar-refractivity contribution in [2.45, 2.75) is 250 Å². The highest BCUT2D eigenvalue weighted by atomic mass is 15.0. The molecule has 9 aromatic rings. The molecule has 3 aromatic heterocycles. The topological polar surface area (TPSA) is 11.6 Å². The first-order valence-electron chi connectivity index (χ1n) is 40.0. The van der Waals surface area contributed by atoms with Crippen molar-refractivity contribution in [3.05, 3.63) is 226 Å². The Morgan fingerprint density at radius 2 is 0.753 bits per heavy atom. The minimum absolute atomic E-state index is 0.0464. The van der Waals surface area contributed by atoms with Gasteiger partial charge < -0.3 is 0 Å².